The Hall–Kier alpha value is -3.03. The summed E-state index contributed by atoms with van der Waals surface area (Å²) in [5.74, 6) is -0.283. The monoisotopic (exact) mass is 1420 g/mol. The maximum absolute atomic E-state index is 13.4. The molecule has 3 fully saturated rings. The molecular weight excluding hydrogens is 1270 g/mol. The molecule has 0 radical (unpaired) electrons. The smallest absolute Gasteiger partial charge is 0.220 e. The largest absolute Gasteiger partial charge is 0.394 e. The van der Waals surface area contributed by atoms with Gasteiger partial charge in [0.2, 0.25) is 5.91 Å². The number of amides is 1. The molecule has 19 nitrogen and oxygen atoms in total. The van der Waals surface area contributed by atoms with Crippen LogP contribution < -0.4 is 5.32 Å². The van der Waals surface area contributed by atoms with E-state index in [1.165, 1.54) is 186 Å². The van der Waals surface area contributed by atoms with Crippen LogP contribution in [0.25, 0.3) is 0 Å². The van der Waals surface area contributed by atoms with Crippen molar-refractivity contribution in [2.24, 2.45) is 0 Å². The van der Waals surface area contributed by atoms with E-state index in [1.54, 1.807) is 6.08 Å². The number of aliphatic hydroxyl groups is 11. The van der Waals surface area contributed by atoms with Crippen molar-refractivity contribution < 1.29 is 89.4 Å². The fraction of sp³-hybridized carbons (Fsp3) is 0.815. The van der Waals surface area contributed by atoms with Crippen molar-refractivity contribution in [2.45, 2.75) is 394 Å². The number of ether oxygens (including phenoxy) is 6. The Bertz CT molecular complexity index is 2140. The summed E-state index contributed by atoms with van der Waals surface area (Å²) < 4.78 is 34.4. The van der Waals surface area contributed by atoms with Crippen molar-refractivity contribution in [2.75, 3.05) is 26.4 Å². The second-order valence-electron chi connectivity index (χ2n) is 28.1. The van der Waals surface area contributed by atoms with Crippen LogP contribution in [0, 0.1) is 0 Å². The normalized spacial score (nSPS) is 26.9. The van der Waals surface area contributed by atoms with Crippen LogP contribution >= 0.6 is 0 Å². The first-order valence-electron chi connectivity index (χ1n) is 39.8. The first-order valence-corrected chi connectivity index (χ1v) is 39.8. The van der Waals surface area contributed by atoms with Crippen molar-refractivity contribution in [3.05, 3.63) is 85.1 Å². The van der Waals surface area contributed by atoms with Crippen LogP contribution in [0.15, 0.2) is 85.1 Å². The third-order valence-electron chi connectivity index (χ3n) is 19.4. The lowest BCUT2D eigenvalue weighted by molar-refractivity contribution is -0.379. The average Bonchev–Trinajstić information content (AvgIpc) is 0.784. The van der Waals surface area contributed by atoms with Crippen molar-refractivity contribution in [1.82, 2.24) is 5.32 Å². The highest BCUT2D eigenvalue weighted by Crippen LogP contribution is 2.33. The first-order chi connectivity index (χ1) is 48.8. The van der Waals surface area contributed by atoms with Gasteiger partial charge in [0.25, 0.3) is 0 Å². The fourth-order valence-electron chi connectivity index (χ4n) is 13.1. The number of unbranched alkanes of at least 4 members (excludes halogenated alkanes) is 34. The molecule has 1 amide bonds. The van der Waals surface area contributed by atoms with Crippen molar-refractivity contribution in [3.8, 4) is 0 Å². The van der Waals surface area contributed by atoms with Gasteiger partial charge in [0.05, 0.1) is 38.6 Å². The molecule has 3 heterocycles. The Morgan fingerprint density at radius 2 is 0.700 bits per heavy atom. The predicted octanol–water partition coefficient (Wildman–Crippen LogP) is 13.0. The van der Waals surface area contributed by atoms with Gasteiger partial charge in [-0.25, -0.2) is 0 Å². The van der Waals surface area contributed by atoms with Gasteiger partial charge in [-0.15, -0.1) is 0 Å². The van der Waals surface area contributed by atoms with Gasteiger partial charge in [-0.05, 0) is 77.0 Å². The highest BCUT2D eigenvalue weighted by atomic mass is 16.8. The Kier molecular flexibility index (Phi) is 55.8. The number of hydrogen-bond acceptors (Lipinski definition) is 18. The Labute approximate surface area is 603 Å². The standard InChI is InChI=1S/C81H143NO18/c1-3-5-7-9-11-13-15-17-19-21-22-23-24-25-26-27-28-29-30-31-32-33-34-35-36-37-38-39-40-41-42-43-45-47-49-51-53-55-57-59-69(87)82-64(65(86)58-56-54-52-50-48-46-44-20-18-16-14-12-10-8-6-4-2)63-95-79-75(93)72(90)77(67(61-84)97-79)100-81-76(94)73(91)78(68(62-85)98-81)99-80-74(92)71(89)70(88)66(60-83)96-80/h5,7,11,13,17,19,22-23,25-26,48,50,56,58,64-68,70-81,83-86,88-94H,3-4,6,8-10,12,14-16,18,20-21,24,27-47,49,51-55,57,59-63H2,1-2H3,(H,82,87)/b7-5-,13-11-,19-17-,23-22-,26-25-,50-48+,58-56+. The molecule has 0 aromatic rings. The molecule has 3 aliphatic rings. The minimum atomic E-state index is -1.98. The lowest BCUT2D eigenvalue weighted by Crippen LogP contribution is -2.66. The van der Waals surface area contributed by atoms with Gasteiger partial charge >= 0.3 is 0 Å². The summed E-state index contributed by atoms with van der Waals surface area (Å²) in [4.78, 5) is 13.4. The van der Waals surface area contributed by atoms with Crippen LogP contribution in [-0.2, 0) is 33.2 Å². The van der Waals surface area contributed by atoms with Crippen LogP contribution in [-0.4, -0.2) is 193 Å². The first kappa shape index (κ1) is 91.2. The van der Waals surface area contributed by atoms with Crippen LogP contribution in [0.2, 0.25) is 0 Å². The summed E-state index contributed by atoms with van der Waals surface area (Å²) in [6.45, 7) is 1.61. The van der Waals surface area contributed by atoms with E-state index in [-0.39, 0.29) is 18.9 Å². The Morgan fingerprint density at radius 1 is 0.370 bits per heavy atom. The average molecular weight is 1420 g/mol. The Balaban J connectivity index is 1.31. The summed E-state index contributed by atoms with van der Waals surface area (Å²) >= 11 is 0. The van der Waals surface area contributed by atoms with Gasteiger partial charge < -0.3 is 89.9 Å². The van der Waals surface area contributed by atoms with Crippen LogP contribution in [0.3, 0.4) is 0 Å². The molecule has 0 spiro atoms. The van der Waals surface area contributed by atoms with E-state index in [0.29, 0.717) is 12.8 Å². The van der Waals surface area contributed by atoms with E-state index in [4.69, 9.17) is 28.4 Å². The molecule has 17 unspecified atom stereocenters. The van der Waals surface area contributed by atoms with Gasteiger partial charge in [0.15, 0.2) is 18.9 Å². The van der Waals surface area contributed by atoms with Gasteiger partial charge in [0.1, 0.15) is 73.2 Å². The van der Waals surface area contributed by atoms with E-state index >= 15 is 0 Å². The van der Waals surface area contributed by atoms with Crippen molar-refractivity contribution in [1.29, 1.82) is 0 Å². The summed E-state index contributed by atoms with van der Waals surface area (Å²) in [5.41, 5.74) is 0. The highest BCUT2D eigenvalue weighted by molar-refractivity contribution is 5.76. The van der Waals surface area contributed by atoms with Crippen molar-refractivity contribution in [3.63, 3.8) is 0 Å². The fourth-order valence-corrected chi connectivity index (χ4v) is 13.1. The van der Waals surface area contributed by atoms with Gasteiger partial charge in [-0.3, -0.25) is 4.79 Å². The number of nitrogens with one attached hydrogen (secondary N) is 1. The quantitative estimate of drug-likeness (QED) is 0.0199. The third-order valence-corrected chi connectivity index (χ3v) is 19.4. The van der Waals surface area contributed by atoms with E-state index < -0.39 is 124 Å². The Morgan fingerprint density at radius 3 is 1.12 bits per heavy atom. The zero-order valence-corrected chi connectivity index (χ0v) is 61.9. The number of carbonyl (C=O) groups is 1. The van der Waals surface area contributed by atoms with E-state index in [1.807, 2.05) is 6.08 Å². The van der Waals surface area contributed by atoms with Gasteiger partial charge in [-0.2, -0.15) is 0 Å². The SMILES string of the molecule is CC/C=C\C/C=C\C/C=C\C/C=C\C/C=C\CCCCCCCCCCCCCCCCCCCCCCCCCC(=O)NC(COC1OC(CO)C(OC2OC(CO)C(OC3OC(CO)C(O)C(O)C3O)C(O)C2O)C(O)C1O)C(O)/C=C/CC/C=C/CCCCCCCCCCCC. The molecule has 3 saturated heterocycles. The summed E-state index contributed by atoms with van der Waals surface area (Å²) in [6.07, 6.45) is 54.5. The second kappa shape index (κ2) is 61.2. The molecule has 17 atom stereocenters. The molecular formula is C81H143NO18. The number of rotatable bonds is 62. The van der Waals surface area contributed by atoms with Crippen LogP contribution in [0.4, 0.5) is 0 Å². The zero-order chi connectivity index (χ0) is 72.5. The molecule has 12 N–H and O–H groups in total. The maximum atomic E-state index is 13.4. The molecule has 3 rings (SSSR count). The third kappa shape index (κ3) is 41.0. The minimum absolute atomic E-state index is 0.236. The van der Waals surface area contributed by atoms with E-state index in [0.717, 1.165) is 70.6 Å². The molecule has 580 valence electrons. The highest BCUT2D eigenvalue weighted by Gasteiger charge is 2.53. The second-order valence-corrected chi connectivity index (χ2v) is 28.1. The predicted molar refractivity (Wildman–Crippen MR) is 397 cm³/mol. The zero-order valence-electron chi connectivity index (χ0n) is 61.9. The topological polar surface area (TPSA) is 307 Å². The molecule has 0 bridgehead atoms. The number of aliphatic hydroxyl groups excluding tert-OH is 11. The molecule has 19 heteroatoms. The number of hydrogen-bond donors (Lipinski definition) is 12. The number of allylic oxidation sites excluding steroid dienone is 13. The van der Waals surface area contributed by atoms with E-state index in [2.05, 4.69) is 92.1 Å². The lowest BCUT2D eigenvalue weighted by atomic mass is 9.96. The van der Waals surface area contributed by atoms with Crippen LogP contribution in [0.5, 0.6) is 0 Å². The molecule has 100 heavy (non-hydrogen) atoms. The van der Waals surface area contributed by atoms with Gasteiger partial charge in [-0.1, -0.05) is 292 Å². The number of carbonyl (C=O) groups excluding carboxylic acids is 1. The molecule has 3 aliphatic heterocycles. The minimum Gasteiger partial charge on any atom is -0.394 e. The molecule has 0 aromatic carbocycles. The summed E-state index contributed by atoms with van der Waals surface area (Å²) in [6, 6.07) is -0.992. The molecule has 0 aliphatic carbocycles. The van der Waals surface area contributed by atoms with Gasteiger partial charge in [0, 0.05) is 6.42 Å². The summed E-state index contributed by atoms with van der Waals surface area (Å²) in [7, 11) is 0. The van der Waals surface area contributed by atoms with Crippen LogP contribution in [0.1, 0.15) is 290 Å². The van der Waals surface area contributed by atoms with Crippen molar-refractivity contribution >= 4 is 5.91 Å². The lowest BCUT2D eigenvalue weighted by Gasteiger charge is -2.48. The molecule has 0 saturated carbocycles. The van der Waals surface area contributed by atoms with E-state index in [9.17, 15) is 61.0 Å². The maximum Gasteiger partial charge on any atom is 0.220 e. The summed E-state index contributed by atoms with van der Waals surface area (Å²) in [5, 5.41) is 121. The molecule has 0 aromatic heterocycles.